The molecule has 3 nitrogen and oxygen atoms in total. The van der Waals surface area contributed by atoms with Crippen LogP contribution < -0.4 is 5.32 Å². The second-order valence-corrected chi connectivity index (χ2v) is 7.93. The van der Waals surface area contributed by atoms with Crippen LogP contribution in [-0.2, 0) is 4.74 Å². The van der Waals surface area contributed by atoms with Gasteiger partial charge < -0.3 is 10.1 Å². The molecule has 21 heavy (non-hydrogen) atoms. The van der Waals surface area contributed by atoms with Crippen LogP contribution in [0.1, 0.15) is 59.8 Å². The van der Waals surface area contributed by atoms with Crippen LogP contribution in [0.5, 0.6) is 0 Å². The van der Waals surface area contributed by atoms with Gasteiger partial charge in [0, 0.05) is 37.8 Å². The SMILES string of the molecule is CC(C)COCCN1CC(C(C)C)NCC12CCCCC2. The first-order valence-electron chi connectivity index (χ1n) is 9.10. The van der Waals surface area contributed by atoms with Gasteiger partial charge in [-0.25, -0.2) is 0 Å². The first-order chi connectivity index (χ1) is 10.0. The minimum atomic E-state index is 0.421. The number of rotatable bonds is 6. The van der Waals surface area contributed by atoms with E-state index in [1.165, 1.54) is 45.2 Å². The van der Waals surface area contributed by atoms with Crippen molar-refractivity contribution in [2.45, 2.75) is 71.4 Å². The third-order valence-electron chi connectivity index (χ3n) is 5.33. The summed E-state index contributed by atoms with van der Waals surface area (Å²) in [7, 11) is 0. The lowest BCUT2D eigenvalue weighted by Gasteiger charge is -2.53. The largest absolute Gasteiger partial charge is 0.380 e. The van der Waals surface area contributed by atoms with Gasteiger partial charge in [-0.05, 0) is 24.7 Å². The van der Waals surface area contributed by atoms with Crippen molar-refractivity contribution < 1.29 is 4.74 Å². The van der Waals surface area contributed by atoms with Gasteiger partial charge in [-0.3, -0.25) is 4.90 Å². The number of nitrogens with zero attached hydrogens (tertiary/aromatic N) is 1. The van der Waals surface area contributed by atoms with Crippen molar-refractivity contribution in [3.63, 3.8) is 0 Å². The fourth-order valence-corrected chi connectivity index (χ4v) is 3.90. The molecule has 1 aliphatic heterocycles. The van der Waals surface area contributed by atoms with Gasteiger partial charge in [0.1, 0.15) is 0 Å². The third kappa shape index (κ3) is 4.67. The molecule has 2 rings (SSSR count). The summed E-state index contributed by atoms with van der Waals surface area (Å²) in [6, 6.07) is 0.641. The molecule has 0 aromatic rings. The lowest BCUT2D eigenvalue weighted by molar-refractivity contribution is -0.0199. The molecule has 1 unspecified atom stereocenters. The van der Waals surface area contributed by atoms with E-state index in [9.17, 15) is 0 Å². The highest BCUT2D eigenvalue weighted by molar-refractivity contribution is 5.01. The molecule has 2 fully saturated rings. The van der Waals surface area contributed by atoms with E-state index in [4.69, 9.17) is 4.74 Å². The second-order valence-electron chi connectivity index (χ2n) is 7.93. The molecule has 0 bridgehead atoms. The van der Waals surface area contributed by atoms with Crippen LogP contribution >= 0.6 is 0 Å². The summed E-state index contributed by atoms with van der Waals surface area (Å²) in [4.78, 5) is 2.77. The monoisotopic (exact) mass is 296 g/mol. The van der Waals surface area contributed by atoms with E-state index in [1.807, 2.05) is 0 Å². The summed E-state index contributed by atoms with van der Waals surface area (Å²) in [6.45, 7) is 14.4. The van der Waals surface area contributed by atoms with E-state index in [2.05, 4.69) is 37.9 Å². The van der Waals surface area contributed by atoms with Crippen LogP contribution in [0.3, 0.4) is 0 Å². The molecule has 124 valence electrons. The predicted octanol–water partition coefficient (Wildman–Crippen LogP) is 3.29. The number of hydrogen-bond acceptors (Lipinski definition) is 3. The molecule has 1 heterocycles. The van der Waals surface area contributed by atoms with Crippen LogP contribution in [0.2, 0.25) is 0 Å². The van der Waals surface area contributed by atoms with Crippen LogP contribution in [0.25, 0.3) is 0 Å². The Kier molecular flexibility index (Phi) is 6.51. The lowest BCUT2D eigenvalue weighted by Crippen LogP contribution is -2.66. The quantitative estimate of drug-likeness (QED) is 0.761. The topological polar surface area (TPSA) is 24.5 Å². The zero-order valence-electron chi connectivity index (χ0n) is 14.7. The molecule has 0 aromatic carbocycles. The molecule has 1 spiro atoms. The molecular weight excluding hydrogens is 260 g/mol. The first-order valence-corrected chi connectivity index (χ1v) is 9.10. The van der Waals surface area contributed by atoms with Gasteiger partial charge in [0.15, 0.2) is 0 Å². The minimum Gasteiger partial charge on any atom is -0.380 e. The van der Waals surface area contributed by atoms with E-state index >= 15 is 0 Å². The highest BCUT2D eigenvalue weighted by Crippen LogP contribution is 2.35. The van der Waals surface area contributed by atoms with E-state index in [-0.39, 0.29) is 0 Å². The van der Waals surface area contributed by atoms with Crippen molar-refractivity contribution in [1.29, 1.82) is 0 Å². The standard InChI is InChI=1S/C18H36N2O/c1-15(2)13-21-11-10-20-12-17(16(3)4)19-14-18(20)8-6-5-7-9-18/h15-17,19H,5-14H2,1-4H3. The maximum atomic E-state index is 5.87. The lowest BCUT2D eigenvalue weighted by atomic mass is 9.77. The third-order valence-corrected chi connectivity index (χ3v) is 5.33. The molecule has 1 saturated carbocycles. The van der Waals surface area contributed by atoms with Gasteiger partial charge in [0.2, 0.25) is 0 Å². The highest BCUT2D eigenvalue weighted by atomic mass is 16.5. The zero-order chi connectivity index (χ0) is 15.3. The fraction of sp³-hybridized carbons (Fsp3) is 1.00. The van der Waals surface area contributed by atoms with Crippen LogP contribution in [-0.4, -0.2) is 49.3 Å². The number of ether oxygens (including phenoxy) is 1. The predicted molar refractivity (Wildman–Crippen MR) is 89.7 cm³/mol. The zero-order valence-corrected chi connectivity index (χ0v) is 14.7. The Morgan fingerprint density at radius 3 is 2.48 bits per heavy atom. The van der Waals surface area contributed by atoms with Gasteiger partial charge >= 0.3 is 0 Å². The highest BCUT2D eigenvalue weighted by Gasteiger charge is 2.42. The van der Waals surface area contributed by atoms with E-state index in [0.29, 0.717) is 23.4 Å². The van der Waals surface area contributed by atoms with Gasteiger partial charge in [0.05, 0.1) is 6.61 Å². The van der Waals surface area contributed by atoms with E-state index < -0.39 is 0 Å². The van der Waals surface area contributed by atoms with Crippen LogP contribution in [0, 0.1) is 11.8 Å². The van der Waals surface area contributed by atoms with Crippen LogP contribution in [0.15, 0.2) is 0 Å². The second kappa shape index (κ2) is 7.94. The van der Waals surface area contributed by atoms with Crippen molar-refractivity contribution in [3.05, 3.63) is 0 Å². The summed E-state index contributed by atoms with van der Waals surface area (Å²) >= 11 is 0. The van der Waals surface area contributed by atoms with Crippen LogP contribution in [0.4, 0.5) is 0 Å². The van der Waals surface area contributed by atoms with Gasteiger partial charge in [-0.2, -0.15) is 0 Å². The Hall–Kier alpha value is -0.120. The maximum Gasteiger partial charge on any atom is 0.0593 e. The molecule has 0 radical (unpaired) electrons. The number of hydrogen-bond donors (Lipinski definition) is 1. The van der Waals surface area contributed by atoms with Crippen molar-refractivity contribution in [1.82, 2.24) is 10.2 Å². The first kappa shape index (κ1) is 17.2. The van der Waals surface area contributed by atoms with Gasteiger partial charge in [-0.15, -0.1) is 0 Å². The molecular formula is C18H36N2O. The summed E-state index contributed by atoms with van der Waals surface area (Å²) in [5.74, 6) is 1.35. The van der Waals surface area contributed by atoms with Crippen molar-refractivity contribution in [3.8, 4) is 0 Å². The molecule has 1 N–H and O–H groups in total. The van der Waals surface area contributed by atoms with Crippen molar-refractivity contribution >= 4 is 0 Å². The average molecular weight is 296 g/mol. The summed E-state index contributed by atoms with van der Waals surface area (Å²) < 4.78 is 5.87. The number of nitrogens with one attached hydrogen (secondary N) is 1. The molecule has 3 heteroatoms. The summed E-state index contributed by atoms with van der Waals surface area (Å²) in [5, 5.41) is 3.84. The molecule has 1 saturated heterocycles. The fourth-order valence-electron chi connectivity index (χ4n) is 3.90. The normalized spacial score (nSPS) is 26.9. The van der Waals surface area contributed by atoms with Crippen molar-refractivity contribution in [2.24, 2.45) is 11.8 Å². The minimum absolute atomic E-state index is 0.421. The Morgan fingerprint density at radius 1 is 1.14 bits per heavy atom. The van der Waals surface area contributed by atoms with Gasteiger partial charge in [0.25, 0.3) is 0 Å². The van der Waals surface area contributed by atoms with E-state index in [0.717, 1.165) is 19.8 Å². The maximum absolute atomic E-state index is 5.87. The molecule has 1 aliphatic carbocycles. The molecule has 0 aromatic heterocycles. The average Bonchev–Trinajstić information content (AvgIpc) is 2.45. The summed E-state index contributed by atoms with van der Waals surface area (Å²) in [5.41, 5.74) is 0.421. The van der Waals surface area contributed by atoms with E-state index in [1.54, 1.807) is 0 Å². The molecule has 1 atom stereocenters. The number of piperazine rings is 1. The molecule has 0 amide bonds. The Bertz CT molecular complexity index is 298. The Balaban J connectivity index is 1.92. The smallest absolute Gasteiger partial charge is 0.0593 e. The Labute approximate surface area is 131 Å². The Morgan fingerprint density at radius 2 is 1.86 bits per heavy atom. The molecule has 2 aliphatic rings. The van der Waals surface area contributed by atoms with Crippen molar-refractivity contribution in [2.75, 3.05) is 32.8 Å². The van der Waals surface area contributed by atoms with Gasteiger partial charge in [-0.1, -0.05) is 47.0 Å². The summed E-state index contributed by atoms with van der Waals surface area (Å²) in [6.07, 6.45) is 6.96.